The average molecular weight is 256 g/mol. The van der Waals surface area contributed by atoms with Crippen LogP contribution in [-0.2, 0) is 6.42 Å². The lowest BCUT2D eigenvalue weighted by Gasteiger charge is -2.01. The molecule has 3 rings (SSSR count). The van der Waals surface area contributed by atoms with E-state index in [1.165, 1.54) is 5.56 Å². The van der Waals surface area contributed by atoms with Crippen molar-refractivity contribution in [2.45, 2.75) is 11.6 Å². The first kappa shape index (κ1) is 11.2. The van der Waals surface area contributed by atoms with E-state index >= 15 is 0 Å². The van der Waals surface area contributed by atoms with Gasteiger partial charge in [0, 0.05) is 6.42 Å². The van der Waals surface area contributed by atoms with Crippen molar-refractivity contribution in [3.63, 3.8) is 0 Å². The summed E-state index contributed by atoms with van der Waals surface area (Å²) in [5, 5.41) is 0.909. The Morgan fingerprint density at radius 2 is 1.94 bits per heavy atom. The fraction of sp³-hybridized carbons (Fsp3) is 0.154. The van der Waals surface area contributed by atoms with Gasteiger partial charge in [-0.15, -0.1) is 0 Å². The van der Waals surface area contributed by atoms with Gasteiger partial charge >= 0.3 is 0 Å². The first-order valence-corrected chi connectivity index (χ1v) is 6.86. The number of imidazole rings is 1. The summed E-state index contributed by atoms with van der Waals surface area (Å²) in [7, 11) is 0. The van der Waals surface area contributed by atoms with Crippen molar-refractivity contribution < 1.29 is 0 Å². The molecular weight excluding hydrogens is 244 g/mol. The van der Waals surface area contributed by atoms with Crippen molar-refractivity contribution in [1.29, 1.82) is 0 Å². The highest BCUT2D eigenvalue weighted by Gasteiger charge is 2.09. The molecule has 0 aliphatic carbocycles. The van der Waals surface area contributed by atoms with Crippen LogP contribution in [0.25, 0.3) is 5.65 Å². The molecule has 0 saturated carbocycles. The topological polar surface area (TPSA) is 43.1 Å². The second-order valence-electron chi connectivity index (χ2n) is 3.91. The van der Waals surface area contributed by atoms with Crippen LogP contribution >= 0.6 is 11.8 Å². The molecule has 0 aliphatic heterocycles. The molecule has 2 aromatic heterocycles. The van der Waals surface area contributed by atoms with Crippen LogP contribution in [0.5, 0.6) is 0 Å². The molecule has 0 amide bonds. The maximum Gasteiger partial charge on any atom is 0.176 e. The standard InChI is InChI=1S/C13H12N4S/c1-18-13-15-8-14-12-11(16-9-17(12)13)7-10-5-3-2-4-6-10/h2-6,8-9H,7H2,1H3. The third-order valence-corrected chi connectivity index (χ3v) is 3.43. The Morgan fingerprint density at radius 3 is 2.72 bits per heavy atom. The fourth-order valence-electron chi connectivity index (χ4n) is 1.92. The Bertz CT molecular complexity index is 663. The van der Waals surface area contributed by atoms with Crippen LogP contribution < -0.4 is 0 Å². The molecule has 18 heavy (non-hydrogen) atoms. The van der Waals surface area contributed by atoms with Crippen molar-refractivity contribution in [3.05, 3.63) is 54.2 Å². The number of benzene rings is 1. The van der Waals surface area contributed by atoms with Gasteiger partial charge in [-0.3, -0.25) is 4.40 Å². The van der Waals surface area contributed by atoms with Crippen LogP contribution in [0, 0.1) is 0 Å². The number of aromatic nitrogens is 4. The minimum Gasteiger partial charge on any atom is -0.262 e. The van der Waals surface area contributed by atoms with Crippen LogP contribution in [0.15, 0.2) is 48.1 Å². The summed E-state index contributed by atoms with van der Waals surface area (Å²) < 4.78 is 1.93. The Labute approximate surface area is 109 Å². The molecule has 0 spiro atoms. The molecule has 0 saturated heterocycles. The van der Waals surface area contributed by atoms with Crippen molar-refractivity contribution >= 4 is 17.4 Å². The van der Waals surface area contributed by atoms with Gasteiger partial charge in [-0.05, 0) is 11.8 Å². The molecule has 0 unspecified atom stereocenters. The minimum absolute atomic E-state index is 0.794. The molecule has 0 atom stereocenters. The lowest BCUT2D eigenvalue weighted by atomic mass is 10.1. The summed E-state index contributed by atoms with van der Waals surface area (Å²) >= 11 is 1.59. The van der Waals surface area contributed by atoms with E-state index in [1.807, 2.05) is 28.9 Å². The minimum atomic E-state index is 0.794. The molecule has 0 bridgehead atoms. The Hall–Kier alpha value is -1.88. The molecule has 0 fully saturated rings. The van der Waals surface area contributed by atoms with Crippen molar-refractivity contribution in [1.82, 2.24) is 19.4 Å². The molecule has 0 radical (unpaired) electrons. The second-order valence-corrected chi connectivity index (χ2v) is 4.68. The molecule has 5 heteroatoms. The van der Waals surface area contributed by atoms with Gasteiger partial charge in [-0.2, -0.15) is 0 Å². The molecule has 0 N–H and O–H groups in total. The van der Waals surface area contributed by atoms with Gasteiger partial charge in [0.25, 0.3) is 0 Å². The van der Waals surface area contributed by atoms with Gasteiger partial charge in [0.15, 0.2) is 10.8 Å². The van der Waals surface area contributed by atoms with E-state index in [0.717, 1.165) is 22.9 Å². The van der Waals surface area contributed by atoms with Gasteiger partial charge in [0.2, 0.25) is 0 Å². The van der Waals surface area contributed by atoms with Crippen LogP contribution in [0.3, 0.4) is 0 Å². The van der Waals surface area contributed by atoms with E-state index in [-0.39, 0.29) is 0 Å². The molecule has 1 aromatic carbocycles. The zero-order chi connectivity index (χ0) is 12.4. The fourth-order valence-corrected chi connectivity index (χ4v) is 2.40. The molecule has 0 aliphatic rings. The van der Waals surface area contributed by atoms with Gasteiger partial charge < -0.3 is 0 Å². The SMILES string of the molecule is CSc1ncnc2c(Cc3ccccc3)ncn12. The molecular formula is C13H12N4S. The first-order valence-electron chi connectivity index (χ1n) is 5.63. The summed E-state index contributed by atoms with van der Waals surface area (Å²) in [5.41, 5.74) is 3.11. The van der Waals surface area contributed by atoms with E-state index in [4.69, 9.17) is 0 Å². The third-order valence-electron chi connectivity index (χ3n) is 2.77. The monoisotopic (exact) mass is 256 g/mol. The van der Waals surface area contributed by atoms with Crippen molar-refractivity contribution in [3.8, 4) is 0 Å². The molecule has 90 valence electrons. The maximum absolute atomic E-state index is 4.45. The summed E-state index contributed by atoms with van der Waals surface area (Å²) in [5.74, 6) is 0. The zero-order valence-electron chi connectivity index (χ0n) is 9.95. The molecule has 3 aromatic rings. The Balaban J connectivity index is 2.03. The number of hydrogen-bond acceptors (Lipinski definition) is 4. The summed E-state index contributed by atoms with van der Waals surface area (Å²) in [6.45, 7) is 0. The number of hydrogen-bond donors (Lipinski definition) is 0. The van der Waals surface area contributed by atoms with Gasteiger partial charge in [0.05, 0.1) is 5.69 Å². The largest absolute Gasteiger partial charge is 0.262 e. The summed E-state index contributed by atoms with van der Waals surface area (Å²) in [4.78, 5) is 13.0. The second kappa shape index (κ2) is 4.78. The highest BCUT2D eigenvalue weighted by atomic mass is 32.2. The lowest BCUT2D eigenvalue weighted by molar-refractivity contribution is 0.862. The summed E-state index contributed by atoms with van der Waals surface area (Å²) in [6.07, 6.45) is 6.18. The van der Waals surface area contributed by atoms with Crippen LogP contribution in [0.4, 0.5) is 0 Å². The average Bonchev–Trinajstić information content (AvgIpc) is 2.83. The third kappa shape index (κ3) is 1.97. The number of thioether (sulfide) groups is 1. The predicted molar refractivity (Wildman–Crippen MR) is 71.8 cm³/mol. The van der Waals surface area contributed by atoms with Crippen molar-refractivity contribution in [2.75, 3.05) is 6.26 Å². The molecule has 4 nitrogen and oxygen atoms in total. The number of rotatable bonds is 3. The van der Waals surface area contributed by atoms with E-state index in [1.54, 1.807) is 24.4 Å². The Morgan fingerprint density at radius 1 is 1.11 bits per heavy atom. The quantitative estimate of drug-likeness (QED) is 0.675. The van der Waals surface area contributed by atoms with E-state index in [2.05, 4.69) is 27.1 Å². The van der Waals surface area contributed by atoms with Crippen LogP contribution in [0.2, 0.25) is 0 Å². The Kier molecular flexibility index (Phi) is 2.98. The van der Waals surface area contributed by atoms with E-state index < -0.39 is 0 Å². The highest BCUT2D eigenvalue weighted by molar-refractivity contribution is 7.98. The highest BCUT2D eigenvalue weighted by Crippen LogP contribution is 2.17. The zero-order valence-corrected chi connectivity index (χ0v) is 10.8. The summed E-state index contributed by atoms with van der Waals surface area (Å²) in [6, 6.07) is 10.3. The first-order chi connectivity index (χ1) is 8.88. The van der Waals surface area contributed by atoms with Crippen LogP contribution in [-0.4, -0.2) is 25.6 Å². The predicted octanol–water partition coefficient (Wildman–Crippen LogP) is 2.44. The maximum atomic E-state index is 4.45. The van der Waals surface area contributed by atoms with Crippen LogP contribution in [0.1, 0.15) is 11.3 Å². The molecule has 2 heterocycles. The van der Waals surface area contributed by atoms with Gasteiger partial charge in [-0.25, -0.2) is 15.0 Å². The normalized spacial score (nSPS) is 10.9. The van der Waals surface area contributed by atoms with Crippen molar-refractivity contribution in [2.24, 2.45) is 0 Å². The van der Waals surface area contributed by atoms with Gasteiger partial charge in [-0.1, -0.05) is 42.1 Å². The number of nitrogens with zero attached hydrogens (tertiary/aromatic N) is 4. The number of fused-ring (bicyclic) bond motifs is 1. The van der Waals surface area contributed by atoms with E-state index in [0.29, 0.717) is 0 Å². The lowest BCUT2D eigenvalue weighted by Crippen LogP contribution is -1.96. The van der Waals surface area contributed by atoms with E-state index in [9.17, 15) is 0 Å². The van der Waals surface area contributed by atoms with Gasteiger partial charge in [0.1, 0.15) is 12.7 Å². The smallest absolute Gasteiger partial charge is 0.176 e.